The molecule has 138 valence electrons. The average molecular weight is 376 g/mol. The minimum absolute atomic E-state index is 0.622. The summed E-state index contributed by atoms with van der Waals surface area (Å²) in [4.78, 5) is 9.28. The third-order valence-electron chi connectivity index (χ3n) is 5.25. The molecular weight excluding hydrogens is 360 g/mol. The Bertz CT molecular complexity index is 1460. The second-order valence-corrected chi connectivity index (χ2v) is 7.20. The van der Waals surface area contributed by atoms with Crippen LogP contribution in [0.5, 0.6) is 0 Å². The molecule has 4 nitrogen and oxygen atoms in total. The molecule has 6 aromatic rings. The lowest BCUT2D eigenvalue weighted by Gasteiger charge is -2.06. The van der Waals surface area contributed by atoms with E-state index in [1.54, 1.807) is 0 Å². The van der Waals surface area contributed by atoms with Crippen LogP contribution >= 0.6 is 0 Å². The van der Waals surface area contributed by atoms with Gasteiger partial charge in [-0.25, -0.2) is 9.97 Å². The SMILES string of the molecule is Cc1cc2ccc(-c3nc4ccccc4o3)cc2cc1-c1nc2ccccc2o1. The van der Waals surface area contributed by atoms with Crippen LogP contribution in [0.4, 0.5) is 0 Å². The van der Waals surface area contributed by atoms with E-state index >= 15 is 0 Å². The number of para-hydroxylation sites is 4. The van der Waals surface area contributed by atoms with Crippen molar-refractivity contribution < 1.29 is 8.83 Å². The summed E-state index contributed by atoms with van der Waals surface area (Å²) in [6.07, 6.45) is 0. The molecule has 6 rings (SSSR count). The van der Waals surface area contributed by atoms with Crippen LogP contribution < -0.4 is 0 Å². The van der Waals surface area contributed by atoms with Crippen LogP contribution in [0.25, 0.3) is 55.9 Å². The predicted molar refractivity (Wildman–Crippen MR) is 115 cm³/mol. The number of hydrogen-bond donors (Lipinski definition) is 0. The van der Waals surface area contributed by atoms with Crippen LogP contribution in [0.1, 0.15) is 5.56 Å². The monoisotopic (exact) mass is 376 g/mol. The Morgan fingerprint density at radius 2 is 1.28 bits per heavy atom. The summed E-state index contributed by atoms with van der Waals surface area (Å²) in [6, 6.07) is 26.2. The van der Waals surface area contributed by atoms with Crippen molar-refractivity contribution in [2.75, 3.05) is 0 Å². The van der Waals surface area contributed by atoms with E-state index in [0.717, 1.165) is 49.7 Å². The molecule has 0 saturated carbocycles. The van der Waals surface area contributed by atoms with Gasteiger partial charge in [0, 0.05) is 11.1 Å². The van der Waals surface area contributed by atoms with Gasteiger partial charge in [0.1, 0.15) is 11.0 Å². The largest absolute Gasteiger partial charge is 0.436 e. The van der Waals surface area contributed by atoms with Gasteiger partial charge >= 0.3 is 0 Å². The fourth-order valence-corrected chi connectivity index (χ4v) is 3.76. The first-order valence-electron chi connectivity index (χ1n) is 9.51. The quantitative estimate of drug-likeness (QED) is 0.335. The van der Waals surface area contributed by atoms with Crippen molar-refractivity contribution in [1.29, 1.82) is 0 Å². The maximum absolute atomic E-state index is 6.00. The van der Waals surface area contributed by atoms with Gasteiger partial charge in [0.15, 0.2) is 11.2 Å². The van der Waals surface area contributed by atoms with E-state index in [-0.39, 0.29) is 0 Å². The molecule has 0 aliphatic heterocycles. The zero-order valence-corrected chi connectivity index (χ0v) is 15.7. The minimum Gasteiger partial charge on any atom is -0.436 e. The highest BCUT2D eigenvalue weighted by molar-refractivity contribution is 5.91. The third kappa shape index (κ3) is 2.61. The highest BCUT2D eigenvalue weighted by Crippen LogP contribution is 2.33. The molecule has 0 spiro atoms. The van der Waals surface area contributed by atoms with Crippen molar-refractivity contribution in [1.82, 2.24) is 9.97 Å². The molecule has 2 aromatic heterocycles. The van der Waals surface area contributed by atoms with E-state index in [1.807, 2.05) is 54.6 Å². The highest BCUT2D eigenvalue weighted by atomic mass is 16.4. The summed E-state index contributed by atoms with van der Waals surface area (Å²) in [7, 11) is 0. The standard InChI is InChI=1S/C25H16N2O2/c1-15-12-16-10-11-17(24-26-20-6-2-4-8-22(20)28-24)13-18(16)14-19(15)25-27-21-7-3-5-9-23(21)29-25/h2-14H,1H3. The number of aromatic nitrogens is 2. The topological polar surface area (TPSA) is 52.1 Å². The second kappa shape index (κ2) is 6.04. The van der Waals surface area contributed by atoms with Crippen LogP contribution in [0.15, 0.2) is 87.7 Å². The van der Waals surface area contributed by atoms with Gasteiger partial charge in [-0.05, 0) is 65.7 Å². The molecule has 0 amide bonds. The lowest BCUT2D eigenvalue weighted by molar-refractivity contribution is 0.619. The molecule has 0 aliphatic rings. The summed E-state index contributed by atoms with van der Waals surface area (Å²) in [5, 5.41) is 2.25. The number of nitrogens with zero attached hydrogens (tertiary/aromatic N) is 2. The molecular formula is C25H16N2O2. The molecule has 29 heavy (non-hydrogen) atoms. The maximum atomic E-state index is 6.00. The second-order valence-electron chi connectivity index (χ2n) is 7.20. The molecule has 0 atom stereocenters. The van der Waals surface area contributed by atoms with Gasteiger partial charge in [-0.2, -0.15) is 0 Å². The predicted octanol–water partition coefficient (Wildman–Crippen LogP) is 6.76. The number of oxazole rings is 2. The summed E-state index contributed by atoms with van der Waals surface area (Å²) in [6.45, 7) is 2.08. The highest BCUT2D eigenvalue weighted by Gasteiger charge is 2.13. The van der Waals surface area contributed by atoms with Crippen molar-refractivity contribution in [3.05, 3.63) is 84.4 Å². The van der Waals surface area contributed by atoms with Gasteiger partial charge in [0.05, 0.1) is 0 Å². The first-order valence-corrected chi connectivity index (χ1v) is 9.51. The Balaban J connectivity index is 1.51. The van der Waals surface area contributed by atoms with Crippen LogP contribution in [-0.4, -0.2) is 9.97 Å². The lowest BCUT2D eigenvalue weighted by Crippen LogP contribution is -1.86. The molecule has 0 bridgehead atoms. The van der Waals surface area contributed by atoms with Gasteiger partial charge in [0.25, 0.3) is 0 Å². The number of benzene rings is 4. The van der Waals surface area contributed by atoms with E-state index in [4.69, 9.17) is 8.83 Å². The number of rotatable bonds is 2. The van der Waals surface area contributed by atoms with Crippen LogP contribution in [0, 0.1) is 6.92 Å². The zero-order chi connectivity index (χ0) is 19.4. The third-order valence-corrected chi connectivity index (χ3v) is 5.25. The molecule has 0 aliphatic carbocycles. The Kier molecular flexibility index (Phi) is 3.35. The van der Waals surface area contributed by atoms with Crippen molar-refractivity contribution in [2.24, 2.45) is 0 Å². The number of aryl methyl sites for hydroxylation is 1. The fourth-order valence-electron chi connectivity index (χ4n) is 3.76. The van der Waals surface area contributed by atoms with Crippen LogP contribution in [0.2, 0.25) is 0 Å². The van der Waals surface area contributed by atoms with Gasteiger partial charge in [-0.15, -0.1) is 0 Å². The van der Waals surface area contributed by atoms with Crippen molar-refractivity contribution in [3.63, 3.8) is 0 Å². The molecule has 0 unspecified atom stereocenters. The molecule has 0 fully saturated rings. The molecule has 4 heteroatoms. The van der Waals surface area contributed by atoms with E-state index in [2.05, 4.69) is 41.2 Å². The summed E-state index contributed by atoms with van der Waals surface area (Å²) < 4.78 is 11.9. The molecule has 2 heterocycles. The fraction of sp³-hybridized carbons (Fsp3) is 0.0400. The van der Waals surface area contributed by atoms with Gasteiger partial charge < -0.3 is 8.83 Å². The van der Waals surface area contributed by atoms with Gasteiger partial charge in [-0.1, -0.05) is 36.4 Å². The smallest absolute Gasteiger partial charge is 0.227 e. The van der Waals surface area contributed by atoms with Crippen molar-refractivity contribution >= 4 is 33.0 Å². The van der Waals surface area contributed by atoms with Crippen molar-refractivity contribution in [2.45, 2.75) is 6.92 Å². The first-order chi connectivity index (χ1) is 14.2. The average Bonchev–Trinajstić information content (AvgIpc) is 3.37. The molecule has 0 saturated heterocycles. The summed E-state index contributed by atoms with van der Waals surface area (Å²) >= 11 is 0. The number of fused-ring (bicyclic) bond motifs is 3. The normalized spacial score (nSPS) is 11.6. The Morgan fingerprint density at radius 1 is 0.621 bits per heavy atom. The van der Waals surface area contributed by atoms with Crippen LogP contribution in [0.3, 0.4) is 0 Å². The van der Waals surface area contributed by atoms with Crippen LogP contribution in [-0.2, 0) is 0 Å². The van der Waals surface area contributed by atoms with E-state index in [1.165, 1.54) is 0 Å². The molecule has 0 N–H and O–H groups in total. The zero-order valence-electron chi connectivity index (χ0n) is 15.7. The minimum atomic E-state index is 0.622. The Morgan fingerprint density at radius 3 is 2.00 bits per heavy atom. The Labute approximate surface area is 166 Å². The van der Waals surface area contributed by atoms with Gasteiger partial charge in [0.2, 0.25) is 11.8 Å². The lowest BCUT2D eigenvalue weighted by atomic mass is 10.00. The first kappa shape index (κ1) is 16.1. The molecule has 4 aromatic carbocycles. The number of hydrogen-bond acceptors (Lipinski definition) is 4. The van der Waals surface area contributed by atoms with Gasteiger partial charge in [-0.3, -0.25) is 0 Å². The van der Waals surface area contributed by atoms with E-state index in [0.29, 0.717) is 11.8 Å². The van der Waals surface area contributed by atoms with E-state index < -0.39 is 0 Å². The van der Waals surface area contributed by atoms with Crippen molar-refractivity contribution in [3.8, 4) is 22.9 Å². The summed E-state index contributed by atoms with van der Waals surface area (Å²) in [5.74, 6) is 1.26. The molecule has 0 radical (unpaired) electrons. The maximum Gasteiger partial charge on any atom is 0.227 e. The Hall–Kier alpha value is -3.92. The van der Waals surface area contributed by atoms with E-state index in [9.17, 15) is 0 Å². The summed E-state index contributed by atoms with van der Waals surface area (Å²) in [5.41, 5.74) is 6.37.